The van der Waals surface area contributed by atoms with E-state index in [1.807, 2.05) is 33.0 Å². The van der Waals surface area contributed by atoms with Gasteiger partial charge in [0.1, 0.15) is 20.2 Å². The molecule has 1 aliphatic heterocycles. The number of amides is 1. The SMILES string of the molecule is C=C(C)/C(N)=C\C=C(/C)C1=C(COC(=O)N(C)CCC(C)C)CC[N+](C)=C1. The van der Waals surface area contributed by atoms with Gasteiger partial charge in [-0.25, -0.2) is 9.37 Å². The summed E-state index contributed by atoms with van der Waals surface area (Å²) in [5, 5.41) is 0. The molecule has 1 amide bonds. The highest BCUT2D eigenvalue weighted by Gasteiger charge is 2.20. The number of hydrogen-bond acceptors (Lipinski definition) is 3. The van der Waals surface area contributed by atoms with Gasteiger partial charge in [0.15, 0.2) is 6.21 Å². The van der Waals surface area contributed by atoms with Gasteiger partial charge in [0.05, 0.1) is 0 Å². The van der Waals surface area contributed by atoms with Crippen molar-refractivity contribution in [2.75, 3.05) is 33.8 Å². The van der Waals surface area contributed by atoms with Crippen molar-refractivity contribution in [3.05, 3.63) is 46.7 Å². The minimum absolute atomic E-state index is 0.269. The maximum atomic E-state index is 12.2. The van der Waals surface area contributed by atoms with Crippen LogP contribution in [0.25, 0.3) is 0 Å². The lowest BCUT2D eigenvalue weighted by Crippen LogP contribution is -2.30. The van der Waals surface area contributed by atoms with Crippen molar-refractivity contribution in [2.45, 2.75) is 40.5 Å². The van der Waals surface area contributed by atoms with Crippen LogP contribution in [0.3, 0.4) is 0 Å². The number of nitrogens with zero attached hydrogens (tertiary/aromatic N) is 2. The van der Waals surface area contributed by atoms with Crippen LogP contribution in [0.2, 0.25) is 0 Å². The molecule has 0 unspecified atom stereocenters. The van der Waals surface area contributed by atoms with Gasteiger partial charge in [-0.1, -0.05) is 26.5 Å². The van der Waals surface area contributed by atoms with Gasteiger partial charge in [-0.15, -0.1) is 0 Å². The van der Waals surface area contributed by atoms with Crippen LogP contribution in [0.1, 0.15) is 40.5 Å². The van der Waals surface area contributed by atoms with Gasteiger partial charge in [-0.3, -0.25) is 0 Å². The molecular weight excluding hydrogens is 338 g/mol. The van der Waals surface area contributed by atoms with E-state index in [0.717, 1.165) is 41.7 Å². The van der Waals surface area contributed by atoms with Crippen LogP contribution in [-0.4, -0.2) is 55.6 Å². The molecule has 27 heavy (non-hydrogen) atoms. The van der Waals surface area contributed by atoms with Crippen LogP contribution in [0.5, 0.6) is 0 Å². The van der Waals surface area contributed by atoms with Crippen molar-refractivity contribution >= 4 is 12.3 Å². The van der Waals surface area contributed by atoms with E-state index in [0.29, 0.717) is 24.8 Å². The first-order chi connectivity index (χ1) is 12.6. The fourth-order valence-corrected chi connectivity index (χ4v) is 2.60. The third kappa shape index (κ3) is 7.85. The fourth-order valence-electron chi connectivity index (χ4n) is 2.60. The summed E-state index contributed by atoms with van der Waals surface area (Å²) in [6.45, 7) is 14.0. The van der Waals surface area contributed by atoms with Crippen molar-refractivity contribution in [1.29, 1.82) is 0 Å². The van der Waals surface area contributed by atoms with Crippen LogP contribution in [0.15, 0.2) is 46.7 Å². The molecule has 0 fully saturated rings. The molecule has 0 aromatic rings. The number of nitrogens with two attached hydrogens (primary N) is 1. The summed E-state index contributed by atoms with van der Waals surface area (Å²) in [6, 6.07) is 0. The Bertz CT molecular complexity index is 682. The summed E-state index contributed by atoms with van der Waals surface area (Å²) in [5.41, 5.74) is 10.8. The predicted molar refractivity (Wildman–Crippen MR) is 113 cm³/mol. The number of rotatable bonds is 8. The van der Waals surface area contributed by atoms with E-state index in [1.165, 1.54) is 0 Å². The van der Waals surface area contributed by atoms with Crippen LogP contribution >= 0.6 is 0 Å². The van der Waals surface area contributed by atoms with Crippen LogP contribution < -0.4 is 5.73 Å². The summed E-state index contributed by atoms with van der Waals surface area (Å²) in [5.74, 6) is 0.561. The van der Waals surface area contributed by atoms with Gasteiger partial charge in [0.2, 0.25) is 0 Å². The van der Waals surface area contributed by atoms with Gasteiger partial charge in [-0.05, 0) is 49.0 Å². The minimum atomic E-state index is -0.269. The first-order valence-electron chi connectivity index (χ1n) is 9.57. The van der Waals surface area contributed by atoms with Gasteiger partial charge >= 0.3 is 6.09 Å². The van der Waals surface area contributed by atoms with E-state index in [9.17, 15) is 4.79 Å². The number of ether oxygens (including phenoxy) is 1. The Hall–Kier alpha value is -2.30. The minimum Gasteiger partial charge on any atom is -0.445 e. The standard InChI is InChI=1S/C22H36N3O2/c1-16(2)10-13-25(7)22(26)27-15-19-11-12-24(6)14-20(19)18(5)8-9-21(23)17(3)4/h8-9,14,16H,3,10-13,15,23H2,1-2,4-7H3/q+1/b18-8+,21-9+. The average Bonchev–Trinajstić information content (AvgIpc) is 2.62. The second-order valence-electron chi connectivity index (χ2n) is 7.79. The van der Waals surface area contributed by atoms with Crippen molar-refractivity contribution in [1.82, 2.24) is 4.90 Å². The summed E-state index contributed by atoms with van der Waals surface area (Å²) in [6.07, 6.45) is 7.54. The van der Waals surface area contributed by atoms with Crippen LogP contribution in [0, 0.1) is 5.92 Å². The maximum Gasteiger partial charge on any atom is 0.409 e. The van der Waals surface area contributed by atoms with Crippen molar-refractivity contribution in [3.8, 4) is 0 Å². The first-order valence-corrected chi connectivity index (χ1v) is 9.57. The zero-order chi connectivity index (χ0) is 20.6. The van der Waals surface area contributed by atoms with Gasteiger partial charge < -0.3 is 15.4 Å². The largest absolute Gasteiger partial charge is 0.445 e. The molecule has 0 spiro atoms. The summed E-state index contributed by atoms with van der Waals surface area (Å²) in [4.78, 5) is 13.9. The van der Waals surface area contributed by atoms with E-state index < -0.39 is 0 Å². The molecule has 0 saturated heterocycles. The maximum absolute atomic E-state index is 12.2. The van der Waals surface area contributed by atoms with Crippen molar-refractivity contribution in [3.63, 3.8) is 0 Å². The van der Waals surface area contributed by atoms with Crippen LogP contribution in [0.4, 0.5) is 4.79 Å². The van der Waals surface area contributed by atoms with Crippen molar-refractivity contribution in [2.24, 2.45) is 11.7 Å². The summed E-state index contributed by atoms with van der Waals surface area (Å²) >= 11 is 0. The monoisotopic (exact) mass is 374 g/mol. The Balaban J connectivity index is 2.89. The highest BCUT2D eigenvalue weighted by Crippen LogP contribution is 2.20. The molecule has 150 valence electrons. The molecule has 0 atom stereocenters. The number of hydrogen-bond donors (Lipinski definition) is 1. The first kappa shape index (κ1) is 22.7. The molecule has 0 aromatic heterocycles. The highest BCUT2D eigenvalue weighted by atomic mass is 16.6. The fraction of sp³-hybridized carbons (Fsp3) is 0.545. The van der Waals surface area contributed by atoms with Crippen molar-refractivity contribution < 1.29 is 14.1 Å². The lowest BCUT2D eigenvalue weighted by molar-refractivity contribution is -0.493. The second kappa shape index (κ2) is 10.8. The lowest BCUT2D eigenvalue weighted by Gasteiger charge is -2.20. The second-order valence-corrected chi connectivity index (χ2v) is 7.79. The van der Waals surface area contributed by atoms with Gasteiger partial charge in [0.25, 0.3) is 0 Å². The van der Waals surface area contributed by atoms with E-state index in [-0.39, 0.29) is 6.09 Å². The average molecular weight is 375 g/mol. The topological polar surface area (TPSA) is 58.6 Å². The highest BCUT2D eigenvalue weighted by molar-refractivity contribution is 5.83. The Morgan fingerprint density at radius 1 is 1.41 bits per heavy atom. The molecule has 1 rings (SSSR count). The lowest BCUT2D eigenvalue weighted by atomic mass is 9.97. The van der Waals surface area contributed by atoms with E-state index in [2.05, 4.69) is 31.2 Å². The molecular formula is C22H36N3O2+. The quantitative estimate of drug-likeness (QED) is 0.518. The van der Waals surface area contributed by atoms with Gasteiger partial charge in [0, 0.05) is 31.3 Å². The zero-order valence-electron chi connectivity index (χ0n) is 17.8. The Labute approximate surface area is 164 Å². The van der Waals surface area contributed by atoms with E-state index >= 15 is 0 Å². The Morgan fingerprint density at radius 3 is 2.67 bits per heavy atom. The van der Waals surface area contributed by atoms with E-state index in [1.54, 1.807) is 11.9 Å². The Morgan fingerprint density at radius 2 is 2.07 bits per heavy atom. The molecule has 2 N–H and O–H groups in total. The molecule has 5 heteroatoms. The number of carbonyl (C=O) groups is 1. The molecule has 0 radical (unpaired) electrons. The molecule has 1 aliphatic rings. The molecule has 0 aromatic carbocycles. The smallest absolute Gasteiger partial charge is 0.409 e. The number of allylic oxidation sites excluding steroid dienone is 5. The third-order valence-electron chi connectivity index (χ3n) is 4.65. The molecule has 5 nitrogen and oxygen atoms in total. The zero-order valence-corrected chi connectivity index (χ0v) is 17.8. The Kier molecular flexibility index (Phi) is 9.06. The molecule has 0 aliphatic carbocycles. The molecule has 1 heterocycles. The number of carbonyl (C=O) groups excluding carboxylic acids is 1. The van der Waals surface area contributed by atoms with Gasteiger partial charge in [-0.2, -0.15) is 0 Å². The normalized spacial score (nSPS) is 15.7. The molecule has 0 saturated carbocycles. The summed E-state index contributed by atoms with van der Waals surface area (Å²) < 4.78 is 7.72. The third-order valence-corrected chi connectivity index (χ3v) is 4.65. The van der Waals surface area contributed by atoms with E-state index in [4.69, 9.17) is 10.5 Å². The predicted octanol–water partition coefficient (Wildman–Crippen LogP) is 3.88. The van der Waals surface area contributed by atoms with Crippen LogP contribution in [-0.2, 0) is 4.74 Å². The molecule has 0 bridgehead atoms. The summed E-state index contributed by atoms with van der Waals surface area (Å²) in [7, 11) is 3.84.